The van der Waals surface area contributed by atoms with E-state index in [4.69, 9.17) is 23.2 Å². The van der Waals surface area contributed by atoms with Crippen LogP contribution in [0.1, 0.15) is 22.3 Å². The minimum absolute atomic E-state index is 0.751. The van der Waals surface area contributed by atoms with Crippen LogP contribution in [0.2, 0.25) is 10.0 Å². The van der Waals surface area contributed by atoms with Crippen LogP contribution in [0.5, 0.6) is 0 Å². The lowest BCUT2D eigenvalue weighted by atomic mass is 9.86. The highest BCUT2D eigenvalue weighted by atomic mass is 35.5. The minimum atomic E-state index is 0.751. The maximum atomic E-state index is 6.45. The first-order chi connectivity index (χ1) is 27.6. The quantitative estimate of drug-likeness (QED) is 0.150. The van der Waals surface area contributed by atoms with Gasteiger partial charge in [0.25, 0.3) is 0 Å². The fourth-order valence-electron chi connectivity index (χ4n) is 9.07. The molecule has 2 aromatic heterocycles. The number of hydrogen-bond donors (Lipinski definition) is 0. The van der Waals surface area contributed by atoms with Crippen molar-refractivity contribution in [2.24, 2.45) is 0 Å². The van der Waals surface area contributed by atoms with Crippen molar-refractivity contribution >= 4 is 88.4 Å². The zero-order valence-corrected chi connectivity index (χ0v) is 31.9. The number of rotatable bonds is 6. The third kappa shape index (κ3) is 5.33. The third-order valence-corrected chi connectivity index (χ3v) is 12.0. The van der Waals surface area contributed by atoms with E-state index < -0.39 is 0 Å². The number of nitrogens with zero attached hydrogens (tertiary/aromatic N) is 2. The third-order valence-electron chi connectivity index (χ3n) is 11.6. The minimum Gasteiger partial charge on any atom is -0.309 e. The van der Waals surface area contributed by atoms with Gasteiger partial charge in [0.1, 0.15) is 0 Å². The second-order valence-corrected chi connectivity index (χ2v) is 15.6. The van der Waals surface area contributed by atoms with Crippen LogP contribution in [0.3, 0.4) is 0 Å². The summed E-state index contributed by atoms with van der Waals surface area (Å²) in [6, 6.07) is 65.6. The van der Waals surface area contributed by atoms with Gasteiger partial charge in [0, 0.05) is 43.0 Å². The lowest BCUT2D eigenvalue weighted by Crippen LogP contribution is -2.00. The molecule has 0 bridgehead atoms. The van der Waals surface area contributed by atoms with E-state index >= 15 is 0 Å². The van der Waals surface area contributed by atoms with E-state index in [9.17, 15) is 0 Å². The van der Waals surface area contributed by atoms with Gasteiger partial charge in [-0.05, 0) is 129 Å². The van der Waals surface area contributed by atoms with E-state index in [0.717, 1.165) is 45.3 Å². The summed E-state index contributed by atoms with van der Waals surface area (Å²) in [5, 5.41) is 11.5. The van der Waals surface area contributed by atoms with Crippen molar-refractivity contribution in [3.8, 4) is 11.4 Å². The first kappa shape index (κ1) is 33.1. The van der Waals surface area contributed by atoms with Crippen molar-refractivity contribution < 1.29 is 0 Å². The van der Waals surface area contributed by atoms with Crippen LogP contribution in [0.4, 0.5) is 0 Å². The summed E-state index contributed by atoms with van der Waals surface area (Å²) in [6.45, 7) is 0. The van der Waals surface area contributed by atoms with E-state index in [-0.39, 0.29) is 0 Å². The van der Waals surface area contributed by atoms with E-state index in [2.05, 4.69) is 179 Å². The van der Waals surface area contributed by atoms with Gasteiger partial charge in [0.15, 0.2) is 0 Å². The fraction of sp³-hybridized carbons (Fsp3) is 0.0385. The average molecular weight is 758 g/mol. The normalized spacial score (nSPS) is 11.9. The fourth-order valence-corrected chi connectivity index (χ4v) is 9.41. The van der Waals surface area contributed by atoms with Crippen LogP contribution in [-0.4, -0.2) is 9.13 Å². The van der Waals surface area contributed by atoms with Gasteiger partial charge in [-0.25, -0.2) is 0 Å². The average Bonchev–Trinajstić information content (AvgIpc) is 3.74. The van der Waals surface area contributed by atoms with Crippen LogP contribution >= 0.6 is 23.2 Å². The Labute approximate surface area is 334 Å². The van der Waals surface area contributed by atoms with Crippen molar-refractivity contribution in [1.29, 1.82) is 0 Å². The molecule has 4 heteroatoms. The Morgan fingerprint density at radius 2 is 0.625 bits per heavy atom. The molecule has 266 valence electrons. The summed E-state index contributed by atoms with van der Waals surface area (Å²) in [6.07, 6.45) is 1.67. The SMILES string of the molecule is Clc1ccc2c(c1)c1ccccc1n2-c1ccc(Cc2c3ccccc3c(Cc3ccc(-n4c5ccccc5c5cc(Cl)ccc54)cc3)c3ccccc23)cc1. The standard InChI is InChI=1S/C52H34Cl2N2/c53-35-21-27-51-47(31-35)43-13-5-7-15-49(43)55(51)37-23-17-33(18-24-37)29-45-39-9-1-2-10-40(39)46(42-12-4-3-11-41(42)45)30-34-19-25-38(26-20-34)56-50-16-8-6-14-44(50)48-32-36(54)22-28-52(48)56/h1-28,31-32H,29-30H2. The molecule has 2 nitrogen and oxygen atoms in total. The molecule has 0 N–H and O–H groups in total. The van der Waals surface area contributed by atoms with Gasteiger partial charge in [-0.3, -0.25) is 0 Å². The van der Waals surface area contributed by atoms with Gasteiger partial charge >= 0.3 is 0 Å². The smallest absolute Gasteiger partial charge is 0.0542 e. The molecule has 0 amide bonds. The summed E-state index contributed by atoms with van der Waals surface area (Å²) < 4.78 is 4.69. The second-order valence-electron chi connectivity index (χ2n) is 14.8. The molecule has 0 radical (unpaired) electrons. The summed E-state index contributed by atoms with van der Waals surface area (Å²) in [4.78, 5) is 0. The Balaban J connectivity index is 0.963. The van der Waals surface area contributed by atoms with Crippen LogP contribution < -0.4 is 0 Å². The first-order valence-electron chi connectivity index (χ1n) is 19.1. The van der Waals surface area contributed by atoms with Crippen LogP contribution in [0, 0.1) is 0 Å². The highest BCUT2D eigenvalue weighted by molar-refractivity contribution is 6.32. The predicted octanol–water partition coefficient (Wildman–Crippen LogP) is 14.7. The number of benzene rings is 9. The molecular weight excluding hydrogens is 723 g/mol. The molecule has 11 rings (SSSR count). The van der Waals surface area contributed by atoms with Crippen molar-refractivity contribution in [3.05, 3.63) is 214 Å². The molecule has 9 aromatic carbocycles. The molecule has 0 aliphatic carbocycles. The molecule has 0 unspecified atom stereocenters. The Morgan fingerprint density at radius 3 is 1.00 bits per heavy atom. The van der Waals surface area contributed by atoms with Crippen LogP contribution in [0.25, 0.3) is 76.5 Å². The molecule has 2 heterocycles. The van der Waals surface area contributed by atoms with E-state index in [1.54, 1.807) is 0 Å². The van der Waals surface area contributed by atoms with Crippen LogP contribution in [0.15, 0.2) is 182 Å². The monoisotopic (exact) mass is 756 g/mol. The molecule has 0 saturated carbocycles. The molecule has 0 atom stereocenters. The van der Waals surface area contributed by atoms with Gasteiger partial charge in [-0.15, -0.1) is 0 Å². The first-order valence-corrected chi connectivity index (χ1v) is 19.8. The predicted molar refractivity (Wildman–Crippen MR) is 239 cm³/mol. The van der Waals surface area contributed by atoms with Gasteiger partial charge in [0.05, 0.1) is 22.1 Å². The number of halogens is 2. The number of aromatic nitrogens is 2. The van der Waals surface area contributed by atoms with Crippen molar-refractivity contribution in [3.63, 3.8) is 0 Å². The highest BCUT2D eigenvalue weighted by Gasteiger charge is 2.17. The zero-order chi connectivity index (χ0) is 37.3. The Hall–Kier alpha value is -6.32. The van der Waals surface area contributed by atoms with E-state index in [1.165, 1.54) is 76.4 Å². The number of fused-ring (bicyclic) bond motifs is 8. The van der Waals surface area contributed by atoms with E-state index in [0.29, 0.717) is 0 Å². The van der Waals surface area contributed by atoms with Crippen molar-refractivity contribution in [2.75, 3.05) is 0 Å². The molecule has 0 fully saturated rings. The van der Waals surface area contributed by atoms with Gasteiger partial charge < -0.3 is 9.13 Å². The van der Waals surface area contributed by atoms with Gasteiger partial charge in [-0.1, -0.05) is 132 Å². The Bertz CT molecular complexity index is 3030. The zero-order valence-electron chi connectivity index (χ0n) is 30.4. The Kier molecular flexibility index (Phi) is 7.77. The molecule has 11 aromatic rings. The number of para-hydroxylation sites is 2. The maximum Gasteiger partial charge on any atom is 0.0542 e. The lowest BCUT2D eigenvalue weighted by molar-refractivity contribution is 1.15. The van der Waals surface area contributed by atoms with Crippen LogP contribution in [-0.2, 0) is 12.8 Å². The summed E-state index contributed by atoms with van der Waals surface area (Å²) in [5.74, 6) is 0. The van der Waals surface area contributed by atoms with Gasteiger partial charge in [-0.2, -0.15) is 0 Å². The summed E-state index contributed by atoms with van der Waals surface area (Å²) in [7, 11) is 0. The molecule has 56 heavy (non-hydrogen) atoms. The second kappa shape index (κ2) is 13.2. The van der Waals surface area contributed by atoms with Crippen molar-refractivity contribution in [2.45, 2.75) is 12.8 Å². The summed E-state index contributed by atoms with van der Waals surface area (Å²) >= 11 is 12.9. The molecular formula is C52H34Cl2N2. The Morgan fingerprint density at radius 1 is 0.304 bits per heavy atom. The largest absolute Gasteiger partial charge is 0.309 e. The lowest BCUT2D eigenvalue weighted by Gasteiger charge is -2.18. The molecule has 0 aliphatic heterocycles. The topological polar surface area (TPSA) is 9.86 Å². The van der Waals surface area contributed by atoms with Gasteiger partial charge in [0.2, 0.25) is 0 Å². The molecule has 0 aliphatic rings. The number of hydrogen-bond acceptors (Lipinski definition) is 0. The highest BCUT2D eigenvalue weighted by Crippen LogP contribution is 2.38. The molecule has 0 spiro atoms. The van der Waals surface area contributed by atoms with Crippen molar-refractivity contribution in [1.82, 2.24) is 9.13 Å². The maximum absolute atomic E-state index is 6.45. The van der Waals surface area contributed by atoms with E-state index in [1.807, 2.05) is 12.1 Å². The summed E-state index contributed by atoms with van der Waals surface area (Å²) in [5.41, 5.74) is 12.2. The molecule has 0 saturated heterocycles.